The van der Waals surface area contributed by atoms with Crippen LogP contribution in [0.3, 0.4) is 0 Å². The number of carbonyl (C=O) groups is 2. The number of hydrogen-bond acceptors (Lipinski definition) is 4. The summed E-state index contributed by atoms with van der Waals surface area (Å²) in [6, 6.07) is 12.7. The molecular weight excluding hydrogens is 352 g/mol. The third-order valence-corrected chi connectivity index (χ3v) is 4.10. The molecule has 0 spiro atoms. The molecule has 0 bridgehead atoms. The Morgan fingerprint density at radius 3 is 2.42 bits per heavy atom. The van der Waals surface area contributed by atoms with Crippen LogP contribution >= 0.6 is 11.6 Å². The van der Waals surface area contributed by atoms with Gasteiger partial charge in [0.1, 0.15) is 5.75 Å². The summed E-state index contributed by atoms with van der Waals surface area (Å²) in [5.41, 5.74) is 2.49. The number of nitrogens with zero attached hydrogens (tertiary/aromatic N) is 1. The standard InChI is InChI=1S/C20H23ClN2O3/c1-4-18(24)17-11-15(21)7-10-19(17)26-13-20(25)22-12-14-5-8-16(9-6-14)23(2)3/h5-11H,4,12-13H2,1-3H3,(H,22,25). The quantitative estimate of drug-likeness (QED) is 0.716. The zero-order chi connectivity index (χ0) is 19.1. The van der Waals surface area contributed by atoms with E-state index in [0.29, 0.717) is 29.3 Å². The van der Waals surface area contributed by atoms with Gasteiger partial charge in [0, 0.05) is 37.8 Å². The fourth-order valence-corrected chi connectivity index (χ4v) is 2.52. The van der Waals surface area contributed by atoms with Crippen LogP contribution in [0.4, 0.5) is 5.69 Å². The maximum Gasteiger partial charge on any atom is 0.258 e. The third-order valence-electron chi connectivity index (χ3n) is 3.86. The molecule has 2 aromatic rings. The second-order valence-corrected chi connectivity index (χ2v) is 6.48. The summed E-state index contributed by atoms with van der Waals surface area (Å²) in [4.78, 5) is 26.0. The van der Waals surface area contributed by atoms with Crippen LogP contribution in [-0.4, -0.2) is 32.4 Å². The molecule has 0 atom stereocenters. The molecule has 0 aliphatic heterocycles. The van der Waals surface area contributed by atoms with Crippen molar-refractivity contribution in [1.82, 2.24) is 5.32 Å². The van der Waals surface area contributed by atoms with E-state index in [1.165, 1.54) is 0 Å². The molecule has 138 valence electrons. The van der Waals surface area contributed by atoms with Crippen molar-refractivity contribution in [3.05, 3.63) is 58.6 Å². The van der Waals surface area contributed by atoms with Crippen LogP contribution in [0.5, 0.6) is 5.75 Å². The molecule has 6 heteroatoms. The summed E-state index contributed by atoms with van der Waals surface area (Å²) >= 11 is 5.94. The normalized spacial score (nSPS) is 10.3. The van der Waals surface area contributed by atoms with E-state index in [2.05, 4.69) is 5.32 Å². The molecule has 0 aliphatic carbocycles. The first-order valence-electron chi connectivity index (χ1n) is 8.39. The Balaban J connectivity index is 1.90. The smallest absolute Gasteiger partial charge is 0.258 e. The highest BCUT2D eigenvalue weighted by molar-refractivity contribution is 6.31. The first-order chi connectivity index (χ1) is 12.4. The minimum Gasteiger partial charge on any atom is -0.483 e. The molecule has 0 radical (unpaired) electrons. The summed E-state index contributed by atoms with van der Waals surface area (Å²) in [5.74, 6) is 0.0298. The predicted molar refractivity (Wildman–Crippen MR) is 104 cm³/mol. The Morgan fingerprint density at radius 2 is 1.81 bits per heavy atom. The Morgan fingerprint density at radius 1 is 1.12 bits per heavy atom. The van der Waals surface area contributed by atoms with Crippen molar-refractivity contribution in [3.8, 4) is 5.75 Å². The molecule has 2 aromatic carbocycles. The molecule has 0 aromatic heterocycles. The summed E-state index contributed by atoms with van der Waals surface area (Å²) in [7, 11) is 3.95. The Labute approximate surface area is 158 Å². The average molecular weight is 375 g/mol. The van der Waals surface area contributed by atoms with Crippen LogP contribution in [0.25, 0.3) is 0 Å². The minimum absolute atomic E-state index is 0.0797. The molecule has 2 rings (SSSR count). The second kappa shape index (κ2) is 9.25. The van der Waals surface area contributed by atoms with Gasteiger partial charge in [-0.05, 0) is 35.9 Å². The van der Waals surface area contributed by atoms with Crippen molar-refractivity contribution in [2.45, 2.75) is 19.9 Å². The van der Waals surface area contributed by atoms with Gasteiger partial charge in [-0.3, -0.25) is 9.59 Å². The molecule has 0 saturated carbocycles. The van der Waals surface area contributed by atoms with Crippen LogP contribution in [0.2, 0.25) is 5.02 Å². The van der Waals surface area contributed by atoms with Gasteiger partial charge in [0.15, 0.2) is 12.4 Å². The van der Waals surface area contributed by atoms with E-state index < -0.39 is 0 Å². The Bertz CT molecular complexity index is 773. The van der Waals surface area contributed by atoms with E-state index in [-0.39, 0.29) is 18.3 Å². The largest absolute Gasteiger partial charge is 0.483 e. The average Bonchev–Trinajstić information content (AvgIpc) is 2.64. The van der Waals surface area contributed by atoms with E-state index in [9.17, 15) is 9.59 Å². The van der Waals surface area contributed by atoms with Crippen molar-refractivity contribution < 1.29 is 14.3 Å². The number of halogens is 1. The van der Waals surface area contributed by atoms with Crippen LogP contribution in [-0.2, 0) is 11.3 Å². The van der Waals surface area contributed by atoms with Crippen molar-refractivity contribution in [2.24, 2.45) is 0 Å². The Hall–Kier alpha value is -2.53. The number of ether oxygens (including phenoxy) is 1. The number of Topliss-reactive ketones (excluding diaryl/α,β-unsaturated/α-hetero) is 1. The zero-order valence-electron chi connectivity index (χ0n) is 15.2. The lowest BCUT2D eigenvalue weighted by Gasteiger charge is -2.13. The highest BCUT2D eigenvalue weighted by Crippen LogP contribution is 2.24. The molecule has 0 unspecified atom stereocenters. The SMILES string of the molecule is CCC(=O)c1cc(Cl)ccc1OCC(=O)NCc1ccc(N(C)C)cc1. The first-order valence-corrected chi connectivity index (χ1v) is 8.77. The first kappa shape index (κ1) is 19.8. The summed E-state index contributed by atoms with van der Waals surface area (Å²) < 4.78 is 5.52. The highest BCUT2D eigenvalue weighted by Gasteiger charge is 2.13. The van der Waals surface area contributed by atoms with Crippen LogP contribution < -0.4 is 15.0 Å². The van der Waals surface area contributed by atoms with Gasteiger partial charge in [0.25, 0.3) is 5.91 Å². The van der Waals surface area contributed by atoms with Gasteiger partial charge in [-0.1, -0.05) is 30.7 Å². The van der Waals surface area contributed by atoms with E-state index in [1.807, 2.05) is 43.3 Å². The number of rotatable bonds is 8. The monoisotopic (exact) mass is 374 g/mol. The third kappa shape index (κ3) is 5.49. The molecule has 0 aliphatic rings. The van der Waals surface area contributed by atoms with Crippen LogP contribution in [0.15, 0.2) is 42.5 Å². The molecule has 26 heavy (non-hydrogen) atoms. The highest BCUT2D eigenvalue weighted by atomic mass is 35.5. The number of hydrogen-bond donors (Lipinski definition) is 1. The number of carbonyl (C=O) groups excluding carboxylic acids is 2. The maximum atomic E-state index is 12.0. The lowest BCUT2D eigenvalue weighted by atomic mass is 10.1. The summed E-state index contributed by atoms with van der Waals surface area (Å²) in [6.07, 6.45) is 0.339. The maximum absolute atomic E-state index is 12.0. The van der Waals surface area contributed by atoms with Gasteiger partial charge in [-0.25, -0.2) is 0 Å². The van der Waals surface area contributed by atoms with Crippen molar-refractivity contribution in [1.29, 1.82) is 0 Å². The summed E-state index contributed by atoms with van der Waals surface area (Å²) in [6.45, 7) is 2.01. The topological polar surface area (TPSA) is 58.6 Å². The van der Waals surface area contributed by atoms with E-state index in [4.69, 9.17) is 16.3 Å². The number of amides is 1. The predicted octanol–water partition coefficient (Wildman–Crippen LogP) is 3.69. The lowest BCUT2D eigenvalue weighted by molar-refractivity contribution is -0.123. The number of anilines is 1. The Kier molecular flexibility index (Phi) is 7.04. The van der Waals surface area contributed by atoms with Gasteiger partial charge in [-0.2, -0.15) is 0 Å². The minimum atomic E-state index is -0.258. The molecule has 1 amide bonds. The lowest BCUT2D eigenvalue weighted by Crippen LogP contribution is -2.28. The van der Waals surface area contributed by atoms with E-state index >= 15 is 0 Å². The number of benzene rings is 2. The molecule has 5 nitrogen and oxygen atoms in total. The van der Waals surface area contributed by atoms with Gasteiger partial charge in [-0.15, -0.1) is 0 Å². The van der Waals surface area contributed by atoms with Gasteiger partial charge < -0.3 is 15.0 Å². The van der Waals surface area contributed by atoms with Gasteiger partial charge in [0.05, 0.1) is 5.56 Å². The van der Waals surface area contributed by atoms with Crippen molar-refractivity contribution >= 4 is 29.0 Å². The van der Waals surface area contributed by atoms with E-state index in [1.54, 1.807) is 25.1 Å². The van der Waals surface area contributed by atoms with Crippen LogP contribution in [0.1, 0.15) is 29.3 Å². The van der Waals surface area contributed by atoms with E-state index in [0.717, 1.165) is 11.3 Å². The zero-order valence-corrected chi connectivity index (χ0v) is 16.0. The van der Waals surface area contributed by atoms with Gasteiger partial charge in [0.2, 0.25) is 0 Å². The van der Waals surface area contributed by atoms with Crippen molar-refractivity contribution in [2.75, 3.05) is 25.6 Å². The fourth-order valence-electron chi connectivity index (χ4n) is 2.34. The second-order valence-electron chi connectivity index (χ2n) is 6.04. The number of ketones is 1. The molecule has 0 saturated heterocycles. The van der Waals surface area contributed by atoms with Gasteiger partial charge >= 0.3 is 0 Å². The molecule has 1 N–H and O–H groups in total. The fraction of sp³-hybridized carbons (Fsp3) is 0.300. The number of nitrogens with one attached hydrogen (secondary N) is 1. The molecular formula is C20H23ClN2O3. The van der Waals surface area contributed by atoms with Crippen LogP contribution in [0, 0.1) is 0 Å². The van der Waals surface area contributed by atoms with Crippen molar-refractivity contribution in [3.63, 3.8) is 0 Å². The molecule has 0 fully saturated rings. The molecule has 0 heterocycles. The summed E-state index contributed by atoms with van der Waals surface area (Å²) in [5, 5.41) is 3.26.